The van der Waals surface area contributed by atoms with E-state index in [1.807, 2.05) is 0 Å². The second-order valence-electron chi connectivity index (χ2n) is 2.26. The quantitative estimate of drug-likeness (QED) is 0.747. The first-order valence-electron chi connectivity index (χ1n) is 3.27. The average molecular weight is 244 g/mol. The molecule has 0 unspecified atom stereocenters. The summed E-state index contributed by atoms with van der Waals surface area (Å²) in [4.78, 5) is 13.6. The fourth-order valence-electron chi connectivity index (χ4n) is 0.772. The van der Waals surface area contributed by atoms with Crippen LogP contribution >= 0.6 is 23.2 Å². The summed E-state index contributed by atoms with van der Waals surface area (Å²) in [5.74, 6) is -1.27. The molecular weight excluding hydrogens is 242 g/mol. The van der Waals surface area contributed by atoms with Gasteiger partial charge in [0.2, 0.25) is 0 Å². The van der Waals surface area contributed by atoms with Gasteiger partial charge in [0.25, 0.3) is 11.7 Å². The number of hydrogen-bond donors (Lipinski definition) is 0. The lowest BCUT2D eigenvalue weighted by Gasteiger charge is -2.03. The van der Waals surface area contributed by atoms with Gasteiger partial charge in [0.05, 0.1) is 5.02 Å². The fraction of sp³-hybridized carbons (Fsp3) is 0.143. The SMILES string of the molecule is O=C(Cl)c1nc(C(F)F)c(F)cc1Cl. The lowest BCUT2D eigenvalue weighted by atomic mass is 10.3. The highest BCUT2D eigenvalue weighted by Gasteiger charge is 2.20. The van der Waals surface area contributed by atoms with Crippen LogP contribution in [0.5, 0.6) is 0 Å². The molecule has 0 radical (unpaired) electrons. The van der Waals surface area contributed by atoms with Crippen LogP contribution in [0.15, 0.2) is 6.07 Å². The van der Waals surface area contributed by atoms with Gasteiger partial charge in [0.15, 0.2) is 5.82 Å². The molecular formula is C7H2Cl2F3NO. The minimum absolute atomic E-state index is 0.396. The van der Waals surface area contributed by atoms with E-state index in [1.165, 1.54) is 0 Å². The number of hydrogen-bond acceptors (Lipinski definition) is 2. The highest BCUT2D eigenvalue weighted by Crippen LogP contribution is 2.25. The summed E-state index contributed by atoms with van der Waals surface area (Å²) in [5, 5.41) is -1.51. The number of alkyl halides is 2. The van der Waals surface area contributed by atoms with Gasteiger partial charge in [-0.15, -0.1) is 0 Å². The summed E-state index contributed by atoms with van der Waals surface area (Å²) >= 11 is 10.3. The Morgan fingerprint density at radius 1 is 1.50 bits per heavy atom. The molecule has 1 heterocycles. The number of carbonyl (C=O) groups excluding carboxylic acids is 1. The second kappa shape index (κ2) is 4.14. The molecule has 1 aromatic rings. The second-order valence-corrected chi connectivity index (χ2v) is 3.01. The third-order valence-corrected chi connectivity index (χ3v) is 1.82. The minimum Gasteiger partial charge on any atom is -0.274 e. The van der Waals surface area contributed by atoms with Crippen molar-refractivity contribution in [3.63, 3.8) is 0 Å². The van der Waals surface area contributed by atoms with Gasteiger partial charge in [0, 0.05) is 0 Å². The Balaban J connectivity index is 3.34. The molecule has 0 fully saturated rings. The lowest BCUT2D eigenvalue weighted by molar-refractivity contribution is 0.107. The van der Waals surface area contributed by atoms with Crippen LogP contribution in [0.25, 0.3) is 0 Å². The first kappa shape index (κ1) is 11.3. The molecule has 76 valence electrons. The molecule has 0 spiro atoms. The predicted molar refractivity (Wildman–Crippen MR) is 44.3 cm³/mol. The molecule has 0 atom stereocenters. The zero-order chi connectivity index (χ0) is 10.9. The average Bonchev–Trinajstić information content (AvgIpc) is 2.02. The Labute approximate surface area is 86.6 Å². The van der Waals surface area contributed by atoms with Crippen molar-refractivity contribution in [1.82, 2.24) is 4.98 Å². The van der Waals surface area contributed by atoms with Gasteiger partial charge in [-0.1, -0.05) is 11.6 Å². The molecule has 0 aliphatic carbocycles. The van der Waals surface area contributed by atoms with Crippen molar-refractivity contribution in [2.75, 3.05) is 0 Å². The maximum atomic E-state index is 12.8. The maximum absolute atomic E-state index is 12.8. The zero-order valence-electron chi connectivity index (χ0n) is 6.40. The first-order valence-corrected chi connectivity index (χ1v) is 4.03. The van der Waals surface area contributed by atoms with Gasteiger partial charge in [-0.05, 0) is 17.7 Å². The van der Waals surface area contributed by atoms with E-state index in [1.54, 1.807) is 0 Å². The number of rotatable bonds is 2. The smallest absolute Gasteiger partial charge is 0.274 e. The van der Waals surface area contributed by atoms with Crippen LogP contribution in [-0.2, 0) is 0 Å². The minimum atomic E-state index is -3.12. The summed E-state index contributed by atoms with van der Waals surface area (Å²) in [7, 11) is 0. The van der Waals surface area contributed by atoms with Crippen LogP contribution in [0.1, 0.15) is 22.6 Å². The van der Waals surface area contributed by atoms with Gasteiger partial charge in [-0.3, -0.25) is 4.79 Å². The molecule has 0 N–H and O–H groups in total. The zero-order valence-corrected chi connectivity index (χ0v) is 7.91. The standard InChI is InChI=1S/C7H2Cl2F3NO/c8-2-1-3(10)5(7(11)12)13-4(2)6(9)14/h1,7H. The van der Waals surface area contributed by atoms with Crippen molar-refractivity contribution < 1.29 is 18.0 Å². The van der Waals surface area contributed by atoms with Crippen LogP contribution in [-0.4, -0.2) is 10.2 Å². The van der Waals surface area contributed by atoms with Crippen LogP contribution in [0.3, 0.4) is 0 Å². The molecule has 0 amide bonds. The molecule has 14 heavy (non-hydrogen) atoms. The third-order valence-electron chi connectivity index (χ3n) is 1.35. The van der Waals surface area contributed by atoms with Crippen molar-refractivity contribution in [3.05, 3.63) is 28.3 Å². The largest absolute Gasteiger partial charge is 0.283 e. The Kier molecular flexibility index (Phi) is 3.34. The predicted octanol–water partition coefficient (Wildman–Crippen LogP) is 3.19. The van der Waals surface area contributed by atoms with E-state index in [2.05, 4.69) is 4.98 Å². The van der Waals surface area contributed by atoms with Crippen molar-refractivity contribution in [2.45, 2.75) is 6.43 Å². The molecule has 0 saturated heterocycles. The van der Waals surface area contributed by atoms with Crippen molar-refractivity contribution in [2.24, 2.45) is 0 Å². The van der Waals surface area contributed by atoms with Crippen molar-refractivity contribution in [3.8, 4) is 0 Å². The van der Waals surface area contributed by atoms with E-state index in [0.717, 1.165) is 0 Å². The van der Waals surface area contributed by atoms with Crippen molar-refractivity contribution in [1.29, 1.82) is 0 Å². The molecule has 0 saturated carbocycles. The van der Waals surface area contributed by atoms with E-state index >= 15 is 0 Å². The van der Waals surface area contributed by atoms with Crippen LogP contribution in [0.4, 0.5) is 13.2 Å². The van der Waals surface area contributed by atoms with Crippen LogP contribution in [0, 0.1) is 5.82 Å². The summed E-state index contributed by atoms with van der Waals surface area (Å²) in [6.07, 6.45) is -3.12. The lowest BCUT2D eigenvalue weighted by Crippen LogP contribution is -2.03. The summed E-state index contributed by atoms with van der Waals surface area (Å²) in [6.45, 7) is 0. The number of pyridine rings is 1. The Bertz CT molecular complexity index is 383. The number of nitrogens with zero attached hydrogens (tertiary/aromatic N) is 1. The molecule has 0 aliphatic rings. The first-order chi connectivity index (χ1) is 6.43. The van der Waals surface area contributed by atoms with E-state index in [0.29, 0.717) is 6.07 Å². The Morgan fingerprint density at radius 2 is 2.07 bits per heavy atom. The highest BCUT2D eigenvalue weighted by atomic mass is 35.5. The molecule has 0 aromatic carbocycles. The van der Waals surface area contributed by atoms with E-state index < -0.39 is 33.9 Å². The number of halogens is 5. The van der Waals surface area contributed by atoms with Gasteiger partial charge in [0.1, 0.15) is 11.4 Å². The Hall–Kier alpha value is -0.810. The third kappa shape index (κ3) is 2.16. The number of aromatic nitrogens is 1. The summed E-state index contributed by atoms with van der Waals surface area (Å²) in [6, 6.07) is 0.575. The molecule has 1 rings (SSSR count). The highest BCUT2D eigenvalue weighted by molar-refractivity contribution is 6.68. The van der Waals surface area contributed by atoms with E-state index in [-0.39, 0.29) is 0 Å². The van der Waals surface area contributed by atoms with E-state index in [4.69, 9.17) is 23.2 Å². The monoisotopic (exact) mass is 243 g/mol. The fourth-order valence-corrected chi connectivity index (χ4v) is 1.19. The van der Waals surface area contributed by atoms with Crippen LogP contribution in [0.2, 0.25) is 5.02 Å². The molecule has 7 heteroatoms. The summed E-state index contributed by atoms with van der Waals surface area (Å²) < 4.78 is 37.0. The Morgan fingerprint density at radius 3 is 2.50 bits per heavy atom. The molecule has 1 aromatic heterocycles. The molecule has 0 aliphatic heterocycles. The maximum Gasteiger partial charge on any atom is 0.283 e. The van der Waals surface area contributed by atoms with Crippen molar-refractivity contribution >= 4 is 28.4 Å². The molecule has 0 bridgehead atoms. The topological polar surface area (TPSA) is 30.0 Å². The van der Waals surface area contributed by atoms with Gasteiger partial charge < -0.3 is 0 Å². The van der Waals surface area contributed by atoms with Gasteiger partial charge in [-0.2, -0.15) is 0 Å². The van der Waals surface area contributed by atoms with Gasteiger partial charge >= 0.3 is 0 Å². The number of carbonyl (C=O) groups is 1. The summed E-state index contributed by atoms with van der Waals surface area (Å²) in [5.41, 5.74) is -1.72. The van der Waals surface area contributed by atoms with Gasteiger partial charge in [-0.25, -0.2) is 18.2 Å². The van der Waals surface area contributed by atoms with Crippen LogP contribution < -0.4 is 0 Å². The molecule has 2 nitrogen and oxygen atoms in total. The normalized spacial score (nSPS) is 10.7. The van der Waals surface area contributed by atoms with E-state index in [9.17, 15) is 18.0 Å².